The maximum absolute atomic E-state index is 9.44. The molecular weight excluding hydrogens is 232 g/mol. The zero-order valence-corrected chi connectivity index (χ0v) is 9.41. The van der Waals surface area contributed by atoms with E-state index in [4.69, 9.17) is 15.9 Å². The number of phenolic OH excluding ortho intramolecular Hbond substituents is 1. The molecular formula is C9H13ClN4O2. The minimum Gasteiger partial charge on any atom is -0.507 e. The van der Waals surface area contributed by atoms with Crippen LogP contribution in [0.15, 0.2) is 23.3 Å². The smallest absolute Gasteiger partial charge is 0.206 e. The zero-order valence-electron chi connectivity index (χ0n) is 8.60. The van der Waals surface area contributed by atoms with Gasteiger partial charge in [-0.3, -0.25) is 5.41 Å². The van der Waals surface area contributed by atoms with Gasteiger partial charge in [-0.05, 0) is 18.2 Å². The summed E-state index contributed by atoms with van der Waals surface area (Å²) in [5, 5.41) is 19.9. The molecule has 16 heavy (non-hydrogen) atoms. The maximum atomic E-state index is 9.44. The SMILES string of the molecule is COc1ccc(O)c(C=NNC(=N)N)c1.Cl. The van der Waals surface area contributed by atoms with Gasteiger partial charge in [-0.25, -0.2) is 5.43 Å². The van der Waals surface area contributed by atoms with Crippen LogP contribution >= 0.6 is 12.4 Å². The molecule has 6 nitrogen and oxygen atoms in total. The fourth-order valence-electron chi connectivity index (χ4n) is 0.934. The van der Waals surface area contributed by atoms with Crippen LogP contribution in [-0.2, 0) is 0 Å². The number of ether oxygens (including phenoxy) is 1. The van der Waals surface area contributed by atoms with Crippen molar-refractivity contribution >= 4 is 24.6 Å². The van der Waals surface area contributed by atoms with Gasteiger partial charge in [-0.1, -0.05) is 0 Å². The molecule has 0 fully saturated rings. The fraction of sp³-hybridized carbons (Fsp3) is 0.111. The van der Waals surface area contributed by atoms with Crippen LogP contribution in [0.5, 0.6) is 11.5 Å². The van der Waals surface area contributed by atoms with Crippen LogP contribution < -0.4 is 15.9 Å². The minimum atomic E-state index is -0.270. The van der Waals surface area contributed by atoms with E-state index in [1.165, 1.54) is 19.4 Å². The number of nitrogens with zero attached hydrogens (tertiary/aromatic N) is 1. The first-order chi connectivity index (χ1) is 7.13. The molecule has 0 radical (unpaired) electrons. The number of nitrogens with one attached hydrogen (secondary N) is 2. The Balaban J connectivity index is 0.00000225. The van der Waals surface area contributed by atoms with E-state index < -0.39 is 0 Å². The molecule has 0 atom stereocenters. The highest BCUT2D eigenvalue weighted by Crippen LogP contribution is 2.20. The molecule has 0 heterocycles. The second kappa shape index (κ2) is 6.52. The topological polar surface area (TPSA) is 104 Å². The van der Waals surface area contributed by atoms with Gasteiger partial charge in [0.2, 0.25) is 5.96 Å². The fourth-order valence-corrected chi connectivity index (χ4v) is 0.934. The number of guanidine groups is 1. The molecule has 0 spiro atoms. The molecule has 0 aliphatic heterocycles. The normalized spacial score (nSPS) is 9.56. The van der Waals surface area contributed by atoms with E-state index in [-0.39, 0.29) is 24.1 Å². The van der Waals surface area contributed by atoms with Gasteiger partial charge >= 0.3 is 0 Å². The molecule has 1 aromatic rings. The van der Waals surface area contributed by atoms with E-state index in [0.717, 1.165) is 0 Å². The molecule has 1 rings (SSSR count). The van der Waals surface area contributed by atoms with E-state index in [1.54, 1.807) is 12.1 Å². The van der Waals surface area contributed by atoms with Crippen LogP contribution in [0.25, 0.3) is 0 Å². The van der Waals surface area contributed by atoms with Gasteiger partial charge < -0.3 is 15.6 Å². The predicted octanol–water partition coefficient (Wildman–Crippen LogP) is 0.640. The van der Waals surface area contributed by atoms with Gasteiger partial charge in [0.05, 0.1) is 13.3 Å². The predicted molar refractivity (Wildman–Crippen MR) is 64.6 cm³/mol. The third kappa shape index (κ3) is 4.05. The monoisotopic (exact) mass is 244 g/mol. The quantitative estimate of drug-likeness (QED) is 0.356. The molecule has 1 aromatic carbocycles. The van der Waals surface area contributed by atoms with Crippen molar-refractivity contribution in [2.75, 3.05) is 7.11 Å². The summed E-state index contributed by atoms with van der Waals surface area (Å²) in [6, 6.07) is 4.74. The van der Waals surface area contributed by atoms with E-state index in [2.05, 4.69) is 10.5 Å². The molecule has 0 aliphatic carbocycles. The molecule has 0 saturated carbocycles. The van der Waals surface area contributed by atoms with Crippen LogP contribution in [0.1, 0.15) is 5.56 Å². The van der Waals surface area contributed by atoms with Crippen LogP contribution in [0, 0.1) is 5.41 Å². The van der Waals surface area contributed by atoms with Crippen molar-refractivity contribution in [1.82, 2.24) is 5.43 Å². The molecule has 0 unspecified atom stereocenters. The zero-order chi connectivity index (χ0) is 11.3. The number of benzene rings is 1. The molecule has 0 saturated heterocycles. The van der Waals surface area contributed by atoms with Crippen LogP contribution in [0.2, 0.25) is 0 Å². The number of hydrogen-bond acceptors (Lipinski definition) is 4. The molecule has 7 heteroatoms. The van der Waals surface area contributed by atoms with Gasteiger partial charge in [-0.15, -0.1) is 12.4 Å². The molecule has 0 amide bonds. The molecule has 88 valence electrons. The van der Waals surface area contributed by atoms with Gasteiger partial charge in [-0.2, -0.15) is 5.10 Å². The summed E-state index contributed by atoms with van der Waals surface area (Å²) in [6.45, 7) is 0. The van der Waals surface area contributed by atoms with Crippen molar-refractivity contribution < 1.29 is 9.84 Å². The second-order valence-electron chi connectivity index (χ2n) is 2.71. The first-order valence-corrected chi connectivity index (χ1v) is 4.13. The van der Waals surface area contributed by atoms with Gasteiger partial charge in [0.1, 0.15) is 11.5 Å². The number of rotatable bonds is 3. The highest BCUT2D eigenvalue weighted by atomic mass is 35.5. The number of hydrazone groups is 1. The van der Waals surface area contributed by atoms with Crippen LogP contribution in [0.3, 0.4) is 0 Å². The van der Waals surface area contributed by atoms with Crippen molar-refractivity contribution in [2.45, 2.75) is 0 Å². The second-order valence-corrected chi connectivity index (χ2v) is 2.71. The van der Waals surface area contributed by atoms with Crippen molar-refractivity contribution in [3.8, 4) is 11.5 Å². The first-order valence-electron chi connectivity index (χ1n) is 4.13. The summed E-state index contributed by atoms with van der Waals surface area (Å²) in [4.78, 5) is 0. The van der Waals surface area contributed by atoms with Crippen LogP contribution in [-0.4, -0.2) is 24.4 Å². The third-order valence-electron chi connectivity index (χ3n) is 1.62. The molecule has 5 N–H and O–H groups in total. The van der Waals surface area contributed by atoms with Crippen molar-refractivity contribution in [1.29, 1.82) is 5.41 Å². The summed E-state index contributed by atoms with van der Waals surface area (Å²) in [5.74, 6) is 0.413. The Kier molecular flexibility index (Phi) is 5.72. The summed E-state index contributed by atoms with van der Waals surface area (Å²) in [7, 11) is 1.53. The van der Waals surface area contributed by atoms with Gasteiger partial charge in [0, 0.05) is 5.56 Å². The lowest BCUT2D eigenvalue weighted by Gasteiger charge is -2.02. The lowest BCUT2D eigenvalue weighted by atomic mass is 10.2. The Hall–Kier alpha value is -1.95. The standard InChI is InChI=1S/C9H12N4O2.ClH/c1-15-7-2-3-8(14)6(4-7)5-12-13-9(10)11;/h2-5,14H,1H3,(H4,10,11,13);1H. The summed E-state index contributed by atoms with van der Waals surface area (Å²) >= 11 is 0. The highest BCUT2D eigenvalue weighted by Gasteiger charge is 1.99. The van der Waals surface area contributed by atoms with E-state index in [9.17, 15) is 5.11 Å². The number of methoxy groups -OCH3 is 1. The Morgan fingerprint density at radius 1 is 1.62 bits per heavy atom. The Bertz CT molecular complexity index is 395. The van der Waals surface area contributed by atoms with Crippen molar-refractivity contribution in [3.05, 3.63) is 23.8 Å². The average molecular weight is 245 g/mol. The summed E-state index contributed by atoms with van der Waals surface area (Å²) in [5.41, 5.74) is 7.73. The Morgan fingerprint density at radius 3 is 2.88 bits per heavy atom. The maximum Gasteiger partial charge on any atom is 0.206 e. The number of nitrogens with two attached hydrogens (primary N) is 1. The van der Waals surface area contributed by atoms with Crippen molar-refractivity contribution in [2.24, 2.45) is 10.8 Å². The molecule has 0 aliphatic rings. The van der Waals surface area contributed by atoms with Crippen molar-refractivity contribution in [3.63, 3.8) is 0 Å². The largest absolute Gasteiger partial charge is 0.507 e. The Morgan fingerprint density at radius 2 is 2.31 bits per heavy atom. The number of phenols is 1. The number of hydrogen-bond donors (Lipinski definition) is 4. The number of aromatic hydroxyl groups is 1. The summed E-state index contributed by atoms with van der Waals surface area (Å²) in [6.07, 6.45) is 1.35. The Labute approximate surface area is 99.0 Å². The van der Waals surface area contributed by atoms with E-state index in [1.807, 2.05) is 0 Å². The van der Waals surface area contributed by atoms with E-state index >= 15 is 0 Å². The lowest BCUT2D eigenvalue weighted by molar-refractivity contribution is 0.412. The first kappa shape index (κ1) is 14.1. The number of halogens is 1. The lowest BCUT2D eigenvalue weighted by Crippen LogP contribution is -2.25. The van der Waals surface area contributed by atoms with Gasteiger partial charge in [0.15, 0.2) is 0 Å². The molecule has 0 aromatic heterocycles. The highest BCUT2D eigenvalue weighted by molar-refractivity contribution is 5.85. The summed E-state index contributed by atoms with van der Waals surface area (Å²) < 4.78 is 4.98. The minimum absolute atomic E-state index is 0. The van der Waals surface area contributed by atoms with Gasteiger partial charge in [0.25, 0.3) is 0 Å². The third-order valence-corrected chi connectivity index (χ3v) is 1.62. The molecule has 0 bridgehead atoms. The van der Waals surface area contributed by atoms with E-state index in [0.29, 0.717) is 11.3 Å². The average Bonchev–Trinajstić information content (AvgIpc) is 2.20. The van der Waals surface area contributed by atoms with Crippen LogP contribution in [0.4, 0.5) is 0 Å².